The summed E-state index contributed by atoms with van der Waals surface area (Å²) < 4.78 is 15.1. The van der Waals surface area contributed by atoms with Crippen molar-refractivity contribution >= 4 is 17.6 Å². The number of carbonyl (C=O) groups excluding carboxylic acids is 2. The molecule has 0 saturated carbocycles. The number of methoxy groups -OCH3 is 2. The molecule has 0 aromatic heterocycles. The number of aryl methyl sites for hydroxylation is 1. The Balaban J connectivity index is 1.97. The SMILES string of the molecule is COC(=O)c1ccc(C)c(NC(=O)COc2ccc(OC)cc2)c1. The van der Waals surface area contributed by atoms with Gasteiger partial charge >= 0.3 is 5.97 Å². The van der Waals surface area contributed by atoms with Crippen LogP contribution in [0.3, 0.4) is 0 Å². The molecule has 0 aliphatic rings. The number of esters is 1. The fourth-order valence-corrected chi connectivity index (χ4v) is 2.01. The molecule has 0 radical (unpaired) electrons. The number of hydrogen-bond acceptors (Lipinski definition) is 5. The highest BCUT2D eigenvalue weighted by atomic mass is 16.5. The van der Waals surface area contributed by atoms with Crippen LogP contribution in [0.15, 0.2) is 42.5 Å². The summed E-state index contributed by atoms with van der Waals surface area (Å²) in [6.07, 6.45) is 0. The van der Waals surface area contributed by atoms with Crippen molar-refractivity contribution in [1.82, 2.24) is 0 Å². The molecule has 2 aromatic rings. The molecular weight excluding hydrogens is 310 g/mol. The Morgan fingerprint density at radius 1 is 1.00 bits per heavy atom. The molecule has 2 aromatic carbocycles. The van der Waals surface area contributed by atoms with Gasteiger partial charge in [0.05, 0.1) is 19.8 Å². The molecule has 0 unspecified atom stereocenters. The van der Waals surface area contributed by atoms with Crippen LogP contribution < -0.4 is 14.8 Å². The van der Waals surface area contributed by atoms with Gasteiger partial charge in [-0.05, 0) is 48.9 Å². The smallest absolute Gasteiger partial charge is 0.337 e. The van der Waals surface area contributed by atoms with E-state index in [0.29, 0.717) is 22.7 Å². The van der Waals surface area contributed by atoms with E-state index in [1.54, 1.807) is 49.6 Å². The van der Waals surface area contributed by atoms with E-state index in [1.807, 2.05) is 6.92 Å². The van der Waals surface area contributed by atoms with Crippen LogP contribution in [0.4, 0.5) is 5.69 Å². The molecule has 0 aliphatic carbocycles. The van der Waals surface area contributed by atoms with Crippen molar-refractivity contribution in [3.63, 3.8) is 0 Å². The molecule has 0 atom stereocenters. The minimum absolute atomic E-state index is 0.145. The highest BCUT2D eigenvalue weighted by molar-refractivity contribution is 5.95. The molecule has 0 heterocycles. The number of hydrogen-bond donors (Lipinski definition) is 1. The zero-order valence-corrected chi connectivity index (χ0v) is 13.8. The normalized spacial score (nSPS) is 9.96. The summed E-state index contributed by atoms with van der Waals surface area (Å²) in [7, 11) is 2.89. The Kier molecular flexibility index (Phi) is 5.78. The van der Waals surface area contributed by atoms with Gasteiger partial charge < -0.3 is 19.5 Å². The maximum atomic E-state index is 12.0. The van der Waals surface area contributed by atoms with Crippen LogP contribution in [-0.4, -0.2) is 32.7 Å². The van der Waals surface area contributed by atoms with Crippen LogP contribution in [0.5, 0.6) is 11.5 Å². The molecule has 0 bridgehead atoms. The molecule has 0 saturated heterocycles. The van der Waals surface area contributed by atoms with Gasteiger partial charge in [-0.1, -0.05) is 6.07 Å². The summed E-state index contributed by atoms with van der Waals surface area (Å²) in [5.41, 5.74) is 1.75. The second kappa shape index (κ2) is 8.01. The number of rotatable bonds is 6. The number of benzene rings is 2. The number of anilines is 1. The van der Waals surface area contributed by atoms with Gasteiger partial charge in [0.2, 0.25) is 0 Å². The van der Waals surface area contributed by atoms with Crippen molar-refractivity contribution < 1.29 is 23.8 Å². The number of nitrogens with one attached hydrogen (secondary N) is 1. The van der Waals surface area contributed by atoms with Gasteiger partial charge in [0.25, 0.3) is 5.91 Å². The first kappa shape index (κ1) is 17.3. The lowest BCUT2D eigenvalue weighted by atomic mass is 10.1. The van der Waals surface area contributed by atoms with Crippen molar-refractivity contribution in [2.75, 3.05) is 26.1 Å². The monoisotopic (exact) mass is 329 g/mol. The minimum Gasteiger partial charge on any atom is -0.497 e. The fraction of sp³-hybridized carbons (Fsp3) is 0.222. The molecule has 0 fully saturated rings. The third-order valence-corrected chi connectivity index (χ3v) is 3.36. The van der Waals surface area contributed by atoms with Gasteiger partial charge in [0, 0.05) is 5.69 Å². The Morgan fingerprint density at radius 3 is 2.29 bits per heavy atom. The molecule has 6 nitrogen and oxygen atoms in total. The number of carbonyl (C=O) groups is 2. The summed E-state index contributed by atoms with van der Waals surface area (Å²) in [6.45, 7) is 1.69. The summed E-state index contributed by atoms with van der Waals surface area (Å²) in [6, 6.07) is 11.9. The van der Waals surface area contributed by atoms with E-state index in [0.717, 1.165) is 5.56 Å². The van der Waals surface area contributed by atoms with Gasteiger partial charge in [-0.25, -0.2) is 4.79 Å². The van der Waals surface area contributed by atoms with E-state index in [2.05, 4.69) is 10.1 Å². The molecule has 0 aliphatic heterocycles. The van der Waals surface area contributed by atoms with Crippen molar-refractivity contribution in [2.24, 2.45) is 0 Å². The average Bonchev–Trinajstić information content (AvgIpc) is 2.61. The molecule has 0 spiro atoms. The van der Waals surface area contributed by atoms with E-state index in [9.17, 15) is 9.59 Å². The highest BCUT2D eigenvalue weighted by Gasteiger charge is 2.11. The predicted molar refractivity (Wildman–Crippen MR) is 89.6 cm³/mol. The van der Waals surface area contributed by atoms with Gasteiger partial charge in [0.15, 0.2) is 6.61 Å². The predicted octanol–water partition coefficient (Wildman–Crippen LogP) is 2.81. The lowest BCUT2D eigenvalue weighted by molar-refractivity contribution is -0.118. The van der Waals surface area contributed by atoms with Crippen LogP contribution in [0, 0.1) is 6.92 Å². The summed E-state index contributed by atoms with van der Waals surface area (Å²) in [5, 5.41) is 2.73. The largest absolute Gasteiger partial charge is 0.497 e. The Bertz CT molecular complexity index is 725. The lowest BCUT2D eigenvalue weighted by Gasteiger charge is -2.11. The molecule has 6 heteroatoms. The van der Waals surface area contributed by atoms with Crippen LogP contribution in [0.1, 0.15) is 15.9 Å². The van der Waals surface area contributed by atoms with Gasteiger partial charge in [-0.2, -0.15) is 0 Å². The quantitative estimate of drug-likeness (QED) is 0.825. The van der Waals surface area contributed by atoms with Crippen LogP contribution >= 0.6 is 0 Å². The van der Waals surface area contributed by atoms with E-state index < -0.39 is 5.97 Å². The van der Waals surface area contributed by atoms with Crippen LogP contribution in [-0.2, 0) is 9.53 Å². The molecule has 24 heavy (non-hydrogen) atoms. The summed E-state index contributed by atoms with van der Waals surface area (Å²) in [4.78, 5) is 23.6. The first-order valence-corrected chi connectivity index (χ1v) is 7.29. The van der Waals surface area contributed by atoms with Crippen LogP contribution in [0.2, 0.25) is 0 Å². The second-order valence-electron chi connectivity index (χ2n) is 5.03. The number of amides is 1. The maximum Gasteiger partial charge on any atom is 0.337 e. The Morgan fingerprint density at radius 2 is 1.67 bits per heavy atom. The lowest BCUT2D eigenvalue weighted by Crippen LogP contribution is -2.21. The van der Waals surface area contributed by atoms with Crippen molar-refractivity contribution in [2.45, 2.75) is 6.92 Å². The standard InChI is InChI=1S/C18H19NO5/c1-12-4-5-13(18(21)23-3)10-16(12)19-17(20)11-24-15-8-6-14(22-2)7-9-15/h4-10H,11H2,1-3H3,(H,19,20). The molecule has 1 amide bonds. The molecule has 2 rings (SSSR count). The first-order chi connectivity index (χ1) is 11.5. The van der Waals surface area contributed by atoms with E-state index in [1.165, 1.54) is 7.11 Å². The maximum absolute atomic E-state index is 12.0. The topological polar surface area (TPSA) is 73.9 Å². The molecule has 126 valence electrons. The van der Waals surface area contributed by atoms with Crippen molar-refractivity contribution in [3.05, 3.63) is 53.6 Å². The van der Waals surface area contributed by atoms with Gasteiger partial charge in [-0.3, -0.25) is 4.79 Å². The third kappa shape index (κ3) is 4.49. The van der Waals surface area contributed by atoms with Crippen LogP contribution in [0.25, 0.3) is 0 Å². The average molecular weight is 329 g/mol. The molecule has 1 N–H and O–H groups in total. The van der Waals surface area contributed by atoms with E-state index in [-0.39, 0.29) is 12.5 Å². The van der Waals surface area contributed by atoms with Gasteiger partial charge in [0.1, 0.15) is 11.5 Å². The Labute approximate surface area is 140 Å². The zero-order valence-electron chi connectivity index (χ0n) is 13.8. The zero-order chi connectivity index (χ0) is 17.5. The Hall–Kier alpha value is -3.02. The fourth-order valence-electron chi connectivity index (χ4n) is 2.01. The van der Waals surface area contributed by atoms with Gasteiger partial charge in [-0.15, -0.1) is 0 Å². The second-order valence-corrected chi connectivity index (χ2v) is 5.03. The first-order valence-electron chi connectivity index (χ1n) is 7.29. The number of ether oxygens (including phenoxy) is 3. The van der Waals surface area contributed by atoms with Crippen molar-refractivity contribution in [3.8, 4) is 11.5 Å². The van der Waals surface area contributed by atoms with Crippen molar-refractivity contribution in [1.29, 1.82) is 0 Å². The van der Waals surface area contributed by atoms with E-state index >= 15 is 0 Å². The minimum atomic E-state index is -0.458. The summed E-state index contributed by atoms with van der Waals surface area (Å²) >= 11 is 0. The highest BCUT2D eigenvalue weighted by Crippen LogP contribution is 2.19. The molecular formula is C18H19NO5. The summed E-state index contributed by atoms with van der Waals surface area (Å²) in [5.74, 6) is 0.490. The van der Waals surface area contributed by atoms with E-state index in [4.69, 9.17) is 9.47 Å². The third-order valence-electron chi connectivity index (χ3n) is 3.36.